The number of hydrogen-bond donors (Lipinski definition) is 2. The minimum absolute atomic E-state index is 0.265. The van der Waals surface area contributed by atoms with Gasteiger partial charge in [-0.15, -0.1) is 0 Å². The van der Waals surface area contributed by atoms with Crippen LogP contribution in [0.15, 0.2) is 58.3 Å². The Labute approximate surface area is 184 Å². The average molecular weight is 437 g/mol. The van der Waals surface area contributed by atoms with Crippen LogP contribution in [0.2, 0.25) is 5.02 Å². The number of carbonyl (C=O) groups is 2. The SMILES string of the molecule is Cc1c(C(=O)NCc2cccnc2)oc2c1/C(=N/NC(=O)c1ccccc1Cl)CCC2. The second-order valence-electron chi connectivity index (χ2n) is 7.23. The number of aromatic nitrogens is 1. The predicted octanol–water partition coefficient (Wildman–Crippen LogP) is 4.04. The van der Waals surface area contributed by atoms with Gasteiger partial charge in [0.2, 0.25) is 0 Å². The van der Waals surface area contributed by atoms with Gasteiger partial charge in [0, 0.05) is 36.5 Å². The molecule has 2 aromatic heterocycles. The molecule has 0 fully saturated rings. The lowest BCUT2D eigenvalue weighted by Gasteiger charge is -2.13. The van der Waals surface area contributed by atoms with E-state index in [1.807, 2.05) is 19.1 Å². The van der Waals surface area contributed by atoms with Crippen molar-refractivity contribution in [2.45, 2.75) is 32.7 Å². The Morgan fingerprint density at radius 2 is 2.00 bits per heavy atom. The Morgan fingerprint density at radius 1 is 1.16 bits per heavy atom. The number of hydrazone groups is 1. The monoisotopic (exact) mass is 436 g/mol. The van der Waals surface area contributed by atoms with E-state index in [4.69, 9.17) is 16.0 Å². The molecule has 0 spiro atoms. The molecular formula is C23H21ClN4O3. The number of furan rings is 1. The Balaban J connectivity index is 1.52. The van der Waals surface area contributed by atoms with E-state index in [1.165, 1.54) is 0 Å². The molecule has 2 amide bonds. The zero-order chi connectivity index (χ0) is 21.8. The van der Waals surface area contributed by atoms with E-state index in [9.17, 15) is 9.59 Å². The number of rotatable bonds is 5. The van der Waals surface area contributed by atoms with Crippen LogP contribution in [0, 0.1) is 6.92 Å². The molecule has 3 aromatic rings. The molecule has 0 saturated carbocycles. The van der Waals surface area contributed by atoms with Crippen LogP contribution in [0.1, 0.15) is 56.2 Å². The highest BCUT2D eigenvalue weighted by Crippen LogP contribution is 2.30. The van der Waals surface area contributed by atoms with Gasteiger partial charge in [-0.3, -0.25) is 14.6 Å². The van der Waals surface area contributed by atoms with Gasteiger partial charge in [0.25, 0.3) is 11.8 Å². The highest BCUT2D eigenvalue weighted by atomic mass is 35.5. The fraction of sp³-hybridized carbons (Fsp3) is 0.217. The molecule has 1 aliphatic carbocycles. The molecule has 1 aliphatic rings. The third-order valence-corrected chi connectivity index (χ3v) is 5.45. The molecule has 31 heavy (non-hydrogen) atoms. The van der Waals surface area contributed by atoms with Crippen molar-refractivity contribution in [2.75, 3.05) is 0 Å². The van der Waals surface area contributed by atoms with Crippen LogP contribution in [0.3, 0.4) is 0 Å². The largest absolute Gasteiger partial charge is 0.455 e. The summed E-state index contributed by atoms with van der Waals surface area (Å²) in [4.78, 5) is 29.2. The number of nitrogens with one attached hydrogen (secondary N) is 2. The maximum absolute atomic E-state index is 12.7. The first-order valence-electron chi connectivity index (χ1n) is 9.95. The van der Waals surface area contributed by atoms with Gasteiger partial charge < -0.3 is 9.73 Å². The Kier molecular flexibility index (Phi) is 6.13. The van der Waals surface area contributed by atoms with Crippen molar-refractivity contribution in [3.8, 4) is 0 Å². The third-order valence-electron chi connectivity index (χ3n) is 5.12. The fourth-order valence-electron chi connectivity index (χ4n) is 3.59. The van der Waals surface area contributed by atoms with Crippen molar-refractivity contribution in [3.05, 3.63) is 87.6 Å². The first kappa shape index (κ1) is 20.8. The summed E-state index contributed by atoms with van der Waals surface area (Å²) in [5.74, 6) is 0.290. The number of amides is 2. The van der Waals surface area contributed by atoms with E-state index in [0.29, 0.717) is 47.0 Å². The Morgan fingerprint density at radius 3 is 2.77 bits per heavy atom. The first-order chi connectivity index (χ1) is 15.0. The van der Waals surface area contributed by atoms with Crippen LogP contribution in [0.4, 0.5) is 0 Å². The van der Waals surface area contributed by atoms with Crippen molar-refractivity contribution in [3.63, 3.8) is 0 Å². The van der Waals surface area contributed by atoms with Gasteiger partial charge in [0.1, 0.15) is 5.76 Å². The maximum Gasteiger partial charge on any atom is 0.287 e. The topological polar surface area (TPSA) is 96.6 Å². The molecule has 1 aromatic carbocycles. The van der Waals surface area contributed by atoms with Gasteiger partial charge in [-0.25, -0.2) is 5.43 Å². The molecular weight excluding hydrogens is 416 g/mol. The van der Waals surface area contributed by atoms with E-state index in [0.717, 1.165) is 17.5 Å². The van der Waals surface area contributed by atoms with Gasteiger partial charge >= 0.3 is 0 Å². The summed E-state index contributed by atoms with van der Waals surface area (Å²) in [6.07, 6.45) is 5.59. The molecule has 0 radical (unpaired) electrons. The second-order valence-corrected chi connectivity index (χ2v) is 7.64. The number of nitrogens with zero attached hydrogens (tertiary/aromatic N) is 2. The van der Waals surface area contributed by atoms with Crippen LogP contribution in [-0.2, 0) is 13.0 Å². The van der Waals surface area contributed by atoms with E-state index in [1.54, 1.807) is 36.7 Å². The van der Waals surface area contributed by atoms with Crippen molar-refractivity contribution >= 4 is 29.1 Å². The maximum atomic E-state index is 12.7. The number of aryl methyl sites for hydroxylation is 1. The smallest absolute Gasteiger partial charge is 0.287 e. The normalized spacial score (nSPS) is 14.2. The Bertz CT molecular complexity index is 1150. The number of pyridine rings is 1. The number of hydrogen-bond acceptors (Lipinski definition) is 5. The fourth-order valence-corrected chi connectivity index (χ4v) is 3.81. The van der Waals surface area contributed by atoms with E-state index >= 15 is 0 Å². The van der Waals surface area contributed by atoms with Crippen LogP contribution in [0.25, 0.3) is 0 Å². The molecule has 0 aliphatic heterocycles. The van der Waals surface area contributed by atoms with Gasteiger partial charge in [-0.2, -0.15) is 5.10 Å². The number of carbonyl (C=O) groups excluding carboxylic acids is 2. The lowest BCUT2D eigenvalue weighted by atomic mass is 9.93. The summed E-state index contributed by atoms with van der Waals surface area (Å²) in [5.41, 5.74) is 6.02. The van der Waals surface area contributed by atoms with Crippen molar-refractivity contribution < 1.29 is 14.0 Å². The van der Waals surface area contributed by atoms with Gasteiger partial charge in [0.05, 0.1) is 16.3 Å². The summed E-state index contributed by atoms with van der Waals surface area (Å²) in [7, 11) is 0. The van der Waals surface area contributed by atoms with E-state index in [2.05, 4.69) is 20.8 Å². The average Bonchev–Trinajstić information content (AvgIpc) is 3.14. The van der Waals surface area contributed by atoms with E-state index in [-0.39, 0.29) is 17.6 Å². The summed E-state index contributed by atoms with van der Waals surface area (Å²) >= 11 is 6.09. The lowest BCUT2D eigenvalue weighted by molar-refractivity contribution is 0.0919. The standard InChI is InChI=1S/C23H21ClN4O3/c1-14-20-18(27-28-22(29)16-7-2-3-8-17(16)24)9-4-10-19(20)31-21(14)23(30)26-13-15-6-5-11-25-12-15/h2-3,5-8,11-12H,4,9-10,13H2,1H3,(H,26,30)(H,28,29)/b27-18+. The van der Waals surface area contributed by atoms with Crippen LogP contribution < -0.4 is 10.7 Å². The molecule has 2 heterocycles. The number of fused-ring (bicyclic) bond motifs is 1. The summed E-state index contributed by atoms with van der Waals surface area (Å²) in [6.45, 7) is 2.18. The second kappa shape index (κ2) is 9.14. The summed E-state index contributed by atoms with van der Waals surface area (Å²) < 4.78 is 5.89. The molecule has 8 heteroatoms. The number of halogens is 1. The quantitative estimate of drug-likeness (QED) is 0.590. The third kappa shape index (κ3) is 4.51. The molecule has 0 saturated heterocycles. The molecule has 7 nitrogen and oxygen atoms in total. The van der Waals surface area contributed by atoms with Crippen LogP contribution in [-0.4, -0.2) is 22.5 Å². The molecule has 158 valence electrons. The minimum atomic E-state index is -0.388. The van der Waals surface area contributed by atoms with Crippen molar-refractivity contribution in [1.29, 1.82) is 0 Å². The van der Waals surface area contributed by atoms with Crippen LogP contribution >= 0.6 is 11.6 Å². The first-order valence-corrected chi connectivity index (χ1v) is 10.3. The minimum Gasteiger partial charge on any atom is -0.455 e. The molecule has 0 bridgehead atoms. The van der Waals surface area contributed by atoms with Gasteiger partial charge in [-0.05, 0) is 43.5 Å². The summed E-state index contributed by atoms with van der Waals surface area (Å²) in [5, 5.41) is 7.55. The lowest BCUT2D eigenvalue weighted by Crippen LogP contribution is -2.23. The highest BCUT2D eigenvalue weighted by Gasteiger charge is 2.28. The number of benzene rings is 1. The molecule has 2 N–H and O–H groups in total. The highest BCUT2D eigenvalue weighted by molar-refractivity contribution is 6.33. The van der Waals surface area contributed by atoms with Crippen LogP contribution in [0.5, 0.6) is 0 Å². The van der Waals surface area contributed by atoms with Gasteiger partial charge in [0.15, 0.2) is 5.76 Å². The van der Waals surface area contributed by atoms with Gasteiger partial charge in [-0.1, -0.05) is 29.8 Å². The molecule has 0 unspecified atom stereocenters. The summed E-state index contributed by atoms with van der Waals surface area (Å²) in [6, 6.07) is 10.5. The van der Waals surface area contributed by atoms with Crippen molar-refractivity contribution in [2.24, 2.45) is 5.10 Å². The van der Waals surface area contributed by atoms with E-state index < -0.39 is 0 Å². The zero-order valence-electron chi connectivity index (χ0n) is 16.9. The zero-order valence-corrected chi connectivity index (χ0v) is 17.7. The molecule has 4 rings (SSSR count). The Hall–Kier alpha value is -3.45. The predicted molar refractivity (Wildman–Crippen MR) is 117 cm³/mol. The molecule has 0 atom stereocenters. The van der Waals surface area contributed by atoms with Crippen molar-refractivity contribution in [1.82, 2.24) is 15.7 Å².